The smallest absolute Gasteiger partial charge is 0.338 e. The van der Waals surface area contributed by atoms with Crippen molar-refractivity contribution >= 4 is 17.7 Å². The predicted molar refractivity (Wildman–Crippen MR) is 180 cm³/mol. The molecule has 0 aliphatic heterocycles. The highest BCUT2D eigenvalue weighted by Crippen LogP contribution is 2.66. The molecule has 2 aromatic carbocycles. The first-order valence-corrected chi connectivity index (χ1v) is 17.7. The molecule has 46 heavy (non-hydrogen) atoms. The van der Waals surface area contributed by atoms with Crippen LogP contribution < -0.4 is 0 Å². The Morgan fingerprint density at radius 1 is 0.870 bits per heavy atom. The minimum atomic E-state index is -0.514. The van der Waals surface area contributed by atoms with E-state index >= 15 is 0 Å². The number of ketones is 1. The third-order valence-corrected chi connectivity index (χ3v) is 12.8. The summed E-state index contributed by atoms with van der Waals surface area (Å²) in [6.45, 7) is 11.3. The highest BCUT2D eigenvalue weighted by molar-refractivity contribution is 5.95. The lowest BCUT2D eigenvalue weighted by Gasteiger charge is -2.57. The van der Waals surface area contributed by atoms with Crippen LogP contribution in [0.15, 0.2) is 72.3 Å². The molecule has 0 saturated heterocycles. The van der Waals surface area contributed by atoms with Crippen molar-refractivity contribution in [3.05, 3.63) is 83.4 Å². The summed E-state index contributed by atoms with van der Waals surface area (Å²) in [5, 5.41) is 0. The van der Waals surface area contributed by atoms with Crippen LogP contribution in [0.4, 0.5) is 0 Å². The molecular weight excluding hydrogens is 572 g/mol. The SMILES string of the molecule is C[C@H](CCCC(C)(C)OC(=O)c1ccccc1)[C@H]1CC[C@H]2[C@@H]3C(=O)C=C4C[C@@H](OC(=O)c5ccccc5)CCC4(C)C3CC[C@]12C. The molecule has 2 unspecified atom stereocenters. The van der Waals surface area contributed by atoms with Gasteiger partial charge in [-0.3, -0.25) is 4.79 Å². The molecule has 0 spiro atoms. The van der Waals surface area contributed by atoms with Gasteiger partial charge in [-0.1, -0.05) is 69.2 Å². The van der Waals surface area contributed by atoms with Crippen molar-refractivity contribution in [2.45, 2.75) is 111 Å². The Hall–Kier alpha value is -3.21. The Morgan fingerprint density at radius 2 is 1.52 bits per heavy atom. The number of benzene rings is 2. The second kappa shape index (κ2) is 12.8. The lowest BCUT2D eigenvalue weighted by molar-refractivity contribution is -0.135. The Labute approximate surface area is 275 Å². The molecule has 3 saturated carbocycles. The molecule has 246 valence electrons. The third-order valence-electron chi connectivity index (χ3n) is 12.8. The van der Waals surface area contributed by atoms with Gasteiger partial charge in [-0.15, -0.1) is 0 Å². The Balaban J connectivity index is 1.07. The first-order valence-electron chi connectivity index (χ1n) is 17.7. The normalized spacial score (nSPS) is 32.8. The van der Waals surface area contributed by atoms with Crippen LogP contribution in [0.1, 0.15) is 120 Å². The zero-order valence-corrected chi connectivity index (χ0v) is 28.4. The number of ether oxygens (including phenoxy) is 2. The van der Waals surface area contributed by atoms with Crippen molar-refractivity contribution in [1.29, 1.82) is 0 Å². The van der Waals surface area contributed by atoms with Crippen LogP contribution in [0.25, 0.3) is 0 Å². The summed E-state index contributed by atoms with van der Waals surface area (Å²) < 4.78 is 11.8. The molecule has 5 heteroatoms. The molecule has 0 bridgehead atoms. The molecule has 4 aliphatic rings. The van der Waals surface area contributed by atoms with Gasteiger partial charge in [0.25, 0.3) is 0 Å². The first kappa shape index (κ1) is 32.7. The fourth-order valence-electron chi connectivity index (χ4n) is 10.2. The number of esters is 2. The van der Waals surface area contributed by atoms with Gasteiger partial charge in [0.05, 0.1) is 11.1 Å². The van der Waals surface area contributed by atoms with E-state index in [2.05, 4.69) is 20.8 Å². The number of hydrogen-bond donors (Lipinski definition) is 0. The maximum Gasteiger partial charge on any atom is 0.338 e. The Bertz CT molecular complexity index is 1460. The number of hydrogen-bond acceptors (Lipinski definition) is 5. The van der Waals surface area contributed by atoms with Crippen LogP contribution >= 0.6 is 0 Å². The van der Waals surface area contributed by atoms with Crippen LogP contribution in [-0.2, 0) is 14.3 Å². The highest BCUT2D eigenvalue weighted by atomic mass is 16.6. The van der Waals surface area contributed by atoms with Crippen LogP contribution in [0, 0.1) is 40.4 Å². The zero-order valence-electron chi connectivity index (χ0n) is 28.4. The molecule has 4 aliphatic carbocycles. The van der Waals surface area contributed by atoms with Gasteiger partial charge in [0, 0.05) is 12.3 Å². The van der Waals surface area contributed by atoms with Gasteiger partial charge in [-0.2, -0.15) is 0 Å². The fraction of sp³-hybridized carbons (Fsp3) is 0.585. The number of allylic oxidation sites excluding steroid dienone is 1. The summed E-state index contributed by atoms with van der Waals surface area (Å²) in [5.74, 6) is 1.85. The van der Waals surface area contributed by atoms with E-state index in [1.54, 1.807) is 24.3 Å². The maximum absolute atomic E-state index is 14.0. The Kier molecular flexibility index (Phi) is 9.08. The standard InChI is InChI=1S/C41H52O5/c1-27(13-12-22-39(2,3)46-38(44)29-16-10-7-11-17-29)32-18-19-33-36-34(21-24-41(32,33)5)40(4)23-20-31(25-30(40)26-35(36)42)45-37(43)28-14-8-6-9-15-28/h6-11,14-17,26-27,31-34,36H,12-13,18-25H2,1-5H3/t27-,31+,32-,33+,34?,36+,40?,41-/m1/s1. The van der Waals surface area contributed by atoms with E-state index in [0.29, 0.717) is 47.0 Å². The van der Waals surface area contributed by atoms with E-state index in [1.807, 2.05) is 56.3 Å². The van der Waals surface area contributed by atoms with Gasteiger partial charge in [-0.05, 0) is 130 Å². The van der Waals surface area contributed by atoms with E-state index in [0.717, 1.165) is 44.9 Å². The molecule has 0 heterocycles. The summed E-state index contributed by atoms with van der Waals surface area (Å²) in [7, 11) is 0. The van der Waals surface area contributed by atoms with Gasteiger partial charge >= 0.3 is 11.9 Å². The van der Waals surface area contributed by atoms with E-state index < -0.39 is 5.60 Å². The van der Waals surface area contributed by atoms with Gasteiger partial charge in [0.1, 0.15) is 11.7 Å². The second-order valence-corrected chi connectivity index (χ2v) is 16.0. The number of fused-ring (bicyclic) bond motifs is 5. The quantitative estimate of drug-likeness (QED) is 0.260. The molecule has 0 radical (unpaired) electrons. The highest BCUT2D eigenvalue weighted by Gasteiger charge is 2.61. The molecule has 2 aromatic rings. The van der Waals surface area contributed by atoms with Crippen LogP contribution in [0.3, 0.4) is 0 Å². The summed E-state index contributed by atoms with van der Waals surface area (Å²) in [6, 6.07) is 18.4. The molecule has 6 rings (SSSR count). The second-order valence-electron chi connectivity index (χ2n) is 16.0. The molecule has 5 nitrogen and oxygen atoms in total. The average molecular weight is 625 g/mol. The van der Waals surface area contributed by atoms with Gasteiger partial charge in [-0.25, -0.2) is 9.59 Å². The summed E-state index contributed by atoms with van der Waals surface area (Å²) in [4.78, 5) is 39.4. The summed E-state index contributed by atoms with van der Waals surface area (Å²) in [5.41, 5.74) is 2.05. The molecule has 3 fully saturated rings. The molecule has 0 aromatic heterocycles. The van der Waals surface area contributed by atoms with Crippen molar-refractivity contribution < 1.29 is 23.9 Å². The lowest BCUT2D eigenvalue weighted by atomic mass is 9.46. The topological polar surface area (TPSA) is 69.7 Å². The van der Waals surface area contributed by atoms with Crippen LogP contribution in [0.2, 0.25) is 0 Å². The first-order chi connectivity index (χ1) is 21.9. The fourth-order valence-corrected chi connectivity index (χ4v) is 10.2. The largest absolute Gasteiger partial charge is 0.458 e. The molecule has 0 N–H and O–H groups in total. The lowest BCUT2D eigenvalue weighted by Crippen LogP contribution is -2.53. The van der Waals surface area contributed by atoms with Crippen molar-refractivity contribution in [3.8, 4) is 0 Å². The van der Waals surface area contributed by atoms with Gasteiger partial charge < -0.3 is 9.47 Å². The predicted octanol–water partition coefficient (Wildman–Crippen LogP) is 9.41. The molecule has 8 atom stereocenters. The maximum atomic E-state index is 14.0. The van der Waals surface area contributed by atoms with Crippen molar-refractivity contribution in [1.82, 2.24) is 0 Å². The minimum Gasteiger partial charge on any atom is -0.458 e. The Morgan fingerprint density at radius 3 is 2.20 bits per heavy atom. The van der Waals surface area contributed by atoms with Gasteiger partial charge in [0.2, 0.25) is 0 Å². The van der Waals surface area contributed by atoms with Crippen LogP contribution in [-0.4, -0.2) is 29.4 Å². The minimum absolute atomic E-state index is 0.00201. The van der Waals surface area contributed by atoms with E-state index in [-0.39, 0.29) is 34.8 Å². The van der Waals surface area contributed by atoms with E-state index in [4.69, 9.17) is 9.47 Å². The van der Waals surface area contributed by atoms with Crippen molar-refractivity contribution in [3.63, 3.8) is 0 Å². The monoisotopic (exact) mass is 624 g/mol. The van der Waals surface area contributed by atoms with E-state index in [1.165, 1.54) is 18.4 Å². The van der Waals surface area contributed by atoms with Crippen molar-refractivity contribution in [2.24, 2.45) is 40.4 Å². The molecular formula is C41H52O5. The van der Waals surface area contributed by atoms with Crippen molar-refractivity contribution in [2.75, 3.05) is 0 Å². The third kappa shape index (κ3) is 6.23. The average Bonchev–Trinajstić information content (AvgIpc) is 3.39. The number of carbonyl (C=O) groups excluding carboxylic acids is 3. The summed E-state index contributed by atoms with van der Waals surface area (Å²) in [6.07, 6.45) is 11.8. The van der Waals surface area contributed by atoms with E-state index in [9.17, 15) is 14.4 Å². The van der Waals surface area contributed by atoms with Gasteiger partial charge in [0.15, 0.2) is 5.78 Å². The number of rotatable bonds is 9. The molecule has 0 amide bonds. The number of carbonyl (C=O) groups is 3. The zero-order chi connectivity index (χ0) is 32.7. The summed E-state index contributed by atoms with van der Waals surface area (Å²) >= 11 is 0. The van der Waals surface area contributed by atoms with Crippen LogP contribution in [0.5, 0.6) is 0 Å².